The van der Waals surface area contributed by atoms with Crippen molar-refractivity contribution in [3.8, 4) is 0 Å². The molecule has 1 saturated heterocycles. The molecule has 1 aliphatic rings. The molecule has 3 aromatic rings. The lowest BCUT2D eigenvalue weighted by Gasteiger charge is -2.15. The Hall–Kier alpha value is -2.33. The van der Waals surface area contributed by atoms with Crippen LogP contribution < -0.4 is 4.80 Å². The summed E-state index contributed by atoms with van der Waals surface area (Å²) >= 11 is 1.46. The van der Waals surface area contributed by atoms with Gasteiger partial charge in [0, 0.05) is 31.8 Å². The van der Waals surface area contributed by atoms with E-state index in [1.807, 2.05) is 30.5 Å². The Morgan fingerprint density at radius 1 is 1.12 bits per heavy atom. The molecule has 1 aliphatic heterocycles. The number of thiazole rings is 1. The number of hydrogen-bond donors (Lipinski definition) is 0. The minimum atomic E-state index is -3.51. The van der Waals surface area contributed by atoms with E-state index >= 15 is 0 Å². The van der Waals surface area contributed by atoms with Gasteiger partial charge in [-0.15, -0.1) is 0 Å². The largest absolute Gasteiger partial charge is 0.380 e. The highest BCUT2D eigenvalue weighted by Gasteiger charge is 2.27. The normalized spacial score (nSPS) is 15.6. The zero-order valence-electron chi connectivity index (χ0n) is 18.3. The van der Waals surface area contributed by atoms with Gasteiger partial charge < -0.3 is 9.30 Å². The number of aromatic nitrogens is 1. The lowest BCUT2D eigenvalue weighted by atomic mass is 10.2. The Balaban J connectivity index is 1.65. The molecule has 1 amide bonds. The van der Waals surface area contributed by atoms with Crippen molar-refractivity contribution < 1.29 is 17.9 Å². The van der Waals surface area contributed by atoms with E-state index in [1.54, 1.807) is 0 Å². The Bertz CT molecular complexity index is 1290. The minimum absolute atomic E-state index is 0.208. The standard InChI is InChI=1S/C23H27N3O4S2/c1-3-30-15-14-26-20-11-6-17(2)16-21(20)31-23(26)24-22(27)18-7-9-19(10-8-18)32(28,29)25-12-4-5-13-25/h6-11,16H,3-5,12-15H2,1-2H3. The van der Waals surface area contributed by atoms with Gasteiger partial charge in [-0.2, -0.15) is 9.30 Å². The summed E-state index contributed by atoms with van der Waals surface area (Å²) in [4.78, 5) is 18.1. The molecule has 7 nitrogen and oxygen atoms in total. The Morgan fingerprint density at radius 3 is 2.53 bits per heavy atom. The molecule has 0 radical (unpaired) electrons. The molecule has 0 saturated carbocycles. The van der Waals surface area contributed by atoms with Crippen LogP contribution in [0.5, 0.6) is 0 Å². The fraction of sp³-hybridized carbons (Fsp3) is 0.391. The first-order valence-electron chi connectivity index (χ1n) is 10.8. The average molecular weight is 474 g/mol. The summed E-state index contributed by atoms with van der Waals surface area (Å²) in [6, 6.07) is 12.2. The molecular formula is C23H27N3O4S2. The third-order valence-corrected chi connectivity index (χ3v) is 8.46. The van der Waals surface area contributed by atoms with Crippen LogP contribution in [-0.4, -0.2) is 49.5 Å². The maximum absolute atomic E-state index is 12.9. The first-order chi connectivity index (χ1) is 15.4. The number of carbonyl (C=O) groups is 1. The topological polar surface area (TPSA) is 81.0 Å². The first kappa shape index (κ1) is 22.8. The van der Waals surface area contributed by atoms with Gasteiger partial charge in [-0.05, 0) is 68.7 Å². The van der Waals surface area contributed by atoms with Gasteiger partial charge in [0.15, 0.2) is 4.80 Å². The van der Waals surface area contributed by atoms with Gasteiger partial charge in [0.05, 0.1) is 21.7 Å². The third-order valence-electron chi connectivity index (χ3n) is 5.50. The molecule has 0 atom stereocenters. The Kier molecular flexibility index (Phi) is 6.90. The van der Waals surface area contributed by atoms with Crippen LogP contribution in [0.15, 0.2) is 52.4 Å². The van der Waals surface area contributed by atoms with Crippen LogP contribution in [-0.2, 0) is 21.3 Å². The van der Waals surface area contributed by atoms with Gasteiger partial charge in [0.2, 0.25) is 10.0 Å². The van der Waals surface area contributed by atoms with Crippen molar-refractivity contribution in [2.24, 2.45) is 4.99 Å². The van der Waals surface area contributed by atoms with Crippen LogP contribution >= 0.6 is 11.3 Å². The highest BCUT2D eigenvalue weighted by Crippen LogP contribution is 2.22. The highest BCUT2D eigenvalue weighted by molar-refractivity contribution is 7.89. The summed E-state index contributed by atoms with van der Waals surface area (Å²) in [5.41, 5.74) is 2.51. The average Bonchev–Trinajstić information content (AvgIpc) is 3.43. The monoisotopic (exact) mass is 473 g/mol. The number of rotatable bonds is 7. The highest BCUT2D eigenvalue weighted by atomic mass is 32.2. The van der Waals surface area contributed by atoms with E-state index in [0.717, 1.165) is 28.6 Å². The quantitative estimate of drug-likeness (QED) is 0.491. The molecule has 1 fully saturated rings. The van der Waals surface area contributed by atoms with E-state index in [-0.39, 0.29) is 4.90 Å². The number of hydrogen-bond acceptors (Lipinski definition) is 5. The number of sulfonamides is 1. The van der Waals surface area contributed by atoms with Crippen molar-refractivity contribution in [2.45, 2.75) is 38.1 Å². The maximum atomic E-state index is 12.9. The fourth-order valence-electron chi connectivity index (χ4n) is 3.78. The lowest BCUT2D eigenvalue weighted by Crippen LogP contribution is -2.27. The van der Waals surface area contributed by atoms with Crippen LogP contribution in [0.3, 0.4) is 0 Å². The molecule has 2 heterocycles. The summed E-state index contributed by atoms with van der Waals surface area (Å²) in [6.07, 6.45) is 1.76. The van der Waals surface area contributed by atoms with Crippen molar-refractivity contribution in [3.63, 3.8) is 0 Å². The zero-order valence-corrected chi connectivity index (χ0v) is 19.9. The summed E-state index contributed by atoms with van der Waals surface area (Å²) in [7, 11) is -3.51. The number of fused-ring (bicyclic) bond motifs is 1. The molecule has 1 aromatic heterocycles. The van der Waals surface area contributed by atoms with Crippen molar-refractivity contribution in [1.29, 1.82) is 0 Å². The van der Waals surface area contributed by atoms with E-state index in [1.165, 1.54) is 39.9 Å². The molecule has 9 heteroatoms. The molecule has 0 aliphatic carbocycles. The molecule has 4 rings (SSSR count). The van der Waals surface area contributed by atoms with E-state index < -0.39 is 15.9 Å². The van der Waals surface area contributed by atoms with Crippen LogP contribution in [0.1, 0.15) is 35.7 Å². The van der Waals surface area contributed by atoms with Gasteiger partial charge in [-0.25, -0.2) is 8.42 Å². The second-order valence-corrected chi connectivity index (χ2v) is 10.7. The SMILES string of the molecule is CCOCCn1c(=NC(=O)c2ccc(S(=O)(=O)N3CCCC3)cc2)sc2cc(C)ccc21. The summed E-state index contributed by atoms with van der Waals surface area (Å²) in [5, 5.41) is 0. The number of benzene rings is 2. The predicted molar refractivity (Wildman–Crippen MR) is 125 cm³/mol. The molecule has 0 bridgehead atoms. The Labute approximate surface area is 192 Å². The van der Waals surface area contributed by atoms with E-state index in [0.29, 0.717) is 43.2 Å². The predicted octanol–water partition coefficient (Wildman–Crippen LogP) is 3.57. The second-order valence-electron chi connectivity index (χ2n) is 7.76. The summed E-state index contributed by atoms with van der Waals surface area (Å²) < 4.78 is 35.5. The van der Waals surface area contributed by atoms with Gasteiger partial charge in [0.25, 0.3) is 5.91 Å². The van der Waals surface area contributed by atoms with Crippen LogP contribution in [0.4, 0.5) is 0 Å². The van der Waals surface area contributed by atoms with Crippen molar-refractivity contribution in [1.82, 2.24) is 8.87 Å². The smallest absolute Gasteiger partial charge is 0.279 e. The molecular weight excluding hydrogens is 446 g/mol. The zero-order chi connectivity index (χ0) is 22.7. The summed E-state index contributed by atoms with van der Waals surface area (Å²) in [6.45, 7) is 6.82. The minimum Gasteiger partial charge on any atom is -0.380 e. The molecule has 0 spiro atoms. The van der Waals surface area contributed by atoms with E-state index in [4.69, 9.17) is 4.74 Å². The first-order valence-corrected chi connectivity index (χ1v) is 13.0. The lowest BCUT2D eigenvalue weighted by molar-refractivity contribution is 0.0996. The van der Waals surface area contributed by atoms with Crippen LogP contribution in [0, 0.1) is 6.92 Å². The van der Waals surface area contributed by atoms with Crippen LogP contribution in [0.2, 0.25) is 0 Å². The molecule has 32 heavy (non-hydrogen) atoms. The van der Waals surface area contributed by atoms with Gasteiger partial charge in [-0.1, -0.05) is 17.4 Å². The number of ether oxygens (including phenoxy) is 1. The molecule has 2 aromatic carbocycles. The number of aryl methyl sites for hydroxylation is 1. The van der Waals surface area contributed by atoms with Crippen molar-refractivity contribution >= 4 is 37.5 Å². The summed E-state index contributed by atoms with van der Waals surface area (Å²) in [5.74, 6) is -0.399. The van der Waals surface area contributed by atoms with Gasteiger partial charge >= 0.3 is 0 Å². The number of amides is 1. The van der Waals surface area contributed by atoms with Gasteiger partial charge in [-0.3, -0.25) is 4.79 Å². The third kappa shape index (κ3) is 4.71. The van der Waals surface area contributed by atoms with Crippen molar-refractivity contribution in [2.75, 3.05) is 26.3 Å². The molecule has 0 N–H and O–H groups in total. The van der Waals surface area contributed by atoms with E-state index in [9.17, 15) is 13.2 Å². The number of nitrogens with zero attached hydrogens (tertiary/aromatic N) is 3. The second kappa shape index (κ2) is 9.66. The van der Waals surface area contributed by atoms with Crippen molar-refractivity contribution in [3.05, 3.63) is 58.4 Å². The maximum Gasteiger partial charge on any atom is 0.279 e. The number of carbonyl (C=O) groups excluding carboxylic acids is 1. The van der Waals surface area contributed by atoms with Gasteiger partial charge in [0.1, 0.15) is 0 Å². The molecule has 0 unspecified atom stereocenters. The van der Waals surface area contributed by atoms with Crippen LogP contribution in [0.25, 0.3) is 10.2 Å². The van der Waals surface area contributed by atoms with E-state index in [2.05, 4.69) is 11.1 Å². The fourth-order valence-corrected chi connectivity index (χ4v) is 6.45. The Morgan fingerprint density at radius 2 is 1.84 bits per heavy atom. The molecule has 170 valence electrons.